The lowest BCUT2D eigenvalue weighted by Crippen LogP contribution is -1.87. The van der Waals surface area contributed by atoms with Crippen LogP contribution in [0.4, 0.5) is 0 Å². The van der Waals surface area contributed by atoms with Gasteiger partial charge in [0.25, 0.3) is 0 Å². The van der Waals surface area contributed by atoms with Gasteiger partial charge in [-0.15, -0.1) is 0 Å². The van der Waals surface area contributed by atoms with E-state index in [4.69, 9.17) is 0 Å². The summed E-state index contributed by atoms with van der Waals surface area (Å²) in [5.41, 5.74) is 3.98. The monoisotopic (exact) mass is 413 g/mol. The number of aryl methyl sites for hydroxylation is 1. The van der Waals surface area contributed by atoms with Crippen molar-refractivity contribution < 1.29 is 0 Å². The highest BCUT2D eigenvalue weighted by atomic mass is 14.7. The molecule has 0 bridgehead atoms. The van der Waals surface area contributed by atoms with Crippen LogP contribution < -0.4 is 0 Å². The Morgan fingerprint density at radius 2 is 1.23 bits per heavy atom. The zero-order valence-corrected chi connectivity index (χ0v) is 19.4. The minimum atomic E-state index is 1.20. The Kier molecular flexibility index (Phi) is 8.04. The first-order valence-electron chi connectivity index (χ1n) is 12.8. The third-order valence-electron chi connectivity index (χ3n) is 6.87. The van der Waals surface area contributed by atoms with Crippen LogP contribution >= 0.6 is 0 Å². The third kappa shape index (κ3) is 5.70. The van der Waals surface area contributed by atoms with Gasteiger partial charge in [0.05, 0.1) is 0 Å². The molecule has 1 heterocycles. The Morgan fingerprint density at radius 1 is 0.581 bits per heavy atom. The SMILES string of the molecule is CCCCCCCCCCCCCCc1ccc2[nH]c3ccc4ccccc4c3c2c1. The van der Waals surface area contributed by atoms with Crippen molar-refractivity contribution in [1.29, 1.82) is 0 Å². The number of H-pyrrole nitrogens is 1. The van der Waals surface area contributed by atoms with E-state index in [1.54, 1.807) is 0 Å². The van der Waals surface area contributed by atoms with E-state index >= 15 is 0 Å². The molecule has 4 aromatic rings. The zero-order valence-electron chi connectivity index (χ0n) is 19.4. The highest BCUT2D eigenvalue weighted by molar-refractivity contribution is 6.20. The number of unbranched alkanes of at least 4 members (excludes halogenated alkanes) is 11. The van der Waals surface area contributed by atoms with Gasteiger partial charge in [-0.1, -0.05) is 114 Å². The Balaban J connectivity index is 1.24. The quantitative estimate of drug-likeness (QED) is 0.210. The van der Waals surface area contributed by atoms with Crippen LogP contribution in [0.25, 0.3) is 32.6 Å². The molecule has 1 aromatic heterocycles. The van der Waals surface area contributed by atoms with E-state index in [-0.39, 0.29) is 0 Å². The first kappa shape index (κ1) is 21.9. The summed E-state index contributed by atoms with van der Waals surface area (Å²) in [6, 6.07) is 20.2. The van der Waals surface area contributed by atoms with Crippen LogP contribution in [0.1, 0.15) is 89.5 Å². The summed E-state index contributed by atoms with van der Waals surface area (Å²) in [6.45, 7) is 2.29. The van der Waals surface area contributed by atoms with Crippen molar-refractivity contribution >= 4 is 32.6 Å². The minimum Gasteiger partial charge on any atom is -0.354 e. The fourth-order valence-corrected chi connectivity index (χ4v) is 5.04. The third-order valence-corrected chi connectivity index (χ3v) is 6.87. The van der Waals surface area contributed by atoms with Crippen molar-refractivity contribution in [3.05, 3.63) is 60.2 Å². The van der Waals surface area contributed by atoms with Crippen molar-refractivity contribution in [3.63, 3.8) is 0 Å². The van der Waals surface area contributed by atoms with Crippen LogP contribution in [-0.4, -0.2) is 4.98 Å². The predicted molar refractivity (Wildman–Crippen MR) is 138 cm³/mol. The van der Waals surface area contributed by atoms with Gasteiger partial charge in [0.1, 0.15) is 0 Å². The molecule has 0 aliphatic carbocycles. The van der Waals surface area contributed by atoms with Gasteiger partial charge in [-0.25, -0.2) is 0 Å². The second-order valence-electron chi connectivity index (χ2n) is 9.35. The molecule has 3 aromatic carbocycles. The van der Waals surface area contributed by atoms with E-state index in [0.717, 1.165) is 0 Å². The van der Waals surface area contributed by atoms with Gasteiger partial charge >= 0.3 is 0 Å². The molecule has 1 N–H and O–H groups in total. The Labute approximate surface area is 188 Å². The van der Waals surface area contributed by atoms with Crippen molar-refractivity contribution in [2.75, 3.05) is 0 Å². The lowest BCUT2D eigenvalue weighted by atomic mass is 10.00. The van der Waals surface area contributed by atoms with Gasteiger partial charge < -0.3 is 4.98 Å². The zero-order chi connectivity index (χ0) is 21.3. The summed E-state index contributed by atoms with van der Waals surface area (Å²) in [5, 5.41) is 5.43. The number of fused-ring (bicyclic) bond motifs is 5. The molecule has 4 rings (SSSR count). The van der Waals surface area contributed by atoms with E-state index < -0.39 is 0 Å². The number of nitrogens with one attached hydrogen (secondary N) is 1. The molecule has 0 unspecified atom stereocenters. The first-order valence-corrected chi connectivity index (χ1v) is 12.8. The maximum Gasteiger partial charge on any atom is 0.0471 e. The summed E-state index contributed by atoms with van der Waals surface area (Å²) in [5.74, 6) is 0. The van der Waals surface area contributed by atoms with Crippen molar-refractivity contribution in [2.45, 2.75) is 90.4 Å². The molecule has 0 spiro atoms. The topological polar surface area (TPSA) is 15.8 Å². The summed E-state index contributed by atoms with van der Waals surface area (Å²) in [6.07, 6.45) is 18.1. The van der Waals surface area contributed by atoms with E-state index in [2.05, 4.69) is 66.5 Å². The van der Waals surface area contributed by atoms with Crippen LogP contribution in [0.3, 0.4) is 0 Å². The van der Waals surface area contributed by atoms with E-state index in [9.17, 15) is 0 Å². The van der Waals surface area contributed by atoms with Crippen LogP contribution in [0.15, 0.2) is 54.6 Å². The normalized spacial score (nSPS) is 11.8. The first-order chi connectivity index (χ1) is 15.4. The Morgan fingerprint density at radius 3 is 1.97 bits per heavy atom. The van der Waals surface area contributed by atoms with Crippen LogP contribution in [0.5, 0.6) is 0 Å². The van der Waals surface area contributed by atoms with Crippen molar-refractivity contribution in [2.24, 2.45) is 0 Å². The summed E-state index contributed by atoms with van der Waals surface area (Å²) in [7, 11) is 0. The molecule has 0 fully saturated rings. The Hall–Kier alpha value is -2.28. The lowest BCUT2D eigenvalue weighted by Gasteiger charge is -2.04. The predicted octanol–water partition coefficient (Wildman–Crippen LogP) is 9.72. The molecular weight excluding hydrogens is 374 g/mol. The molecule has 0 saturated carbocycles. The largest absolute Gasteiger partial charge is 0.354 e. The maximum atomic E-state index is 3.61. The molecule has 0 saturated heterocycles. The van der Waals surface area contributed by atoms with Gasteiger partial charge in [0.2, 0.25) is 0 Å². The fourth-order valence-electron chi connectivity index (χ4n) is 5.04. The molecule has 0 amide bonds. The molecule has 164 valence electrons. The molecule has 1 nitrogen and oxygen atoms in total. The second kappa shape index (κ2) is 11.4. The smallest absolute Gasteiger partial charge is 0.0471 e. The number of benzene rings is 3. The molecular formula is C30H39N. The van der Waals surface area contributed by atoms with Crippen molar-refractivity contribution in [1.82, 2.24) is 4.98 Å². The fraction of sp³-hybridized carbons (Fsp3) is 0.467. The van der Waals surface area contributed by atoms with Crippen LogP contribution in [-0.2, 0) is 6.42 Å². The molecule has 1 heteroatoms. The summed E-state index contributed by atoms with van der Waals surface area (Å²) < 4.78 is 0. The highest BCUT2D eigenvalue weighted by Crippen LogP contribution is 2.33. The van der Waals surface area contributed by atoms with Crippen LogP contribution in [0.2, 0.25) is 0 Å². The van der Waals surface area contributed by atoms with Gasteiger partial charge in [0, 0.05) is 21.8 Å². The number of hydrogen-bond acceptors (Lipinski definition) is 0. The van der Waals surface area contributed by atoms with Gasteiger partial charge in [-0.3, -0.25) is 0 Å². The molecule has 0 aliphatic heterocycles. The molecule has 0 radical (unpaired) electrons. The van der Waals surface area contributed by atoms with E-state index in [1.807, 2.05) is 0 Å². The number of rotatable bonds is 13. The minimum absolute atomic E-state index is 1.20. The number of hydrogen-bond donors (Lipinski definition) is 1. The van der Waals surface area contributed by atoms with Crippen LogP contribution in [0, 0.1) is 0 Å². The van der Waals surface area contributed by atoms with Gasteiger partial charge in [-0.05, 0) is 47.4 Å². The number of aromatic amines is 1. The lowest BCUT2D eigenvalue weighted by molar-refractivity contribution is 0.544. The van der Waals surface area contributed by atoms with E-state index in [0.29, 0.717) is 0 Å². The average Bonchev–Trinajstić information content (AvgIpc) is 3.18. The highest BCUT2D eigenvalue weighted by Gasteiger charge is 2.08. The molecule has 0 atom stereocenters. The summed E-state index contributed by atoms with van der Waals surface area (Å²) >= 11 is 0. The van der Waals surface area contributed by atoms with Gasteiger partial charge in [-0.2, -0.15) is 0 Å². The molecule has 0 aliphatic rings. The summed E-state index contributed by atoms with van der Waals surface area (Å²) in [4.78, 5) is 3.61. The Bertz CT molecular complexity index is 1090. The second-order valence-corrected chi connectivity index (χ2v) is 9.35. The standard InChI is InChI=1S/C30H39N/c1-2-3-4-5-6-7-8-9-10-11-12-13-16-24-19-21-28-27(23-24)30-26-18-15-14-17-25(26)20-22-29(30)31-28/h14-15,17-23,31H,2-13,16H2,1H3. The maximum absolute atomic E-state index is 3.61. The van der Waals surface area contributed by atoms with E-state index in [1.165, 1.54) is 122 Å². The molecule has 31 heavy (non-hydrogen) atoms. The van der Waals surface area contributed by atoms with Gasteiger partial charge in [0.15, 0.2) is 0 Å². The average molecular weight is 414 g/mol. The number of aromatic nitrogens is 1. The van der Waals surface area contributed by atoms with Crippen molar-refractivity contribution in [3.8, 4) is 0 Å².